The number of hydrogen-bond acceptors (Lipinski definition) is 5. The predicted molar refractivity (Wildman–Crippen MR) is 130 cm³/mol. The Labute approximate surface area is 195 Å². The van der Waals surface area contributed by atoms with Crippen LogP contribution in [-0.2, 0) is 12.8 Å². The van der Waals surface area contributed by atoms with Gasteiger partial charge >= 0.3 is 0 Å². The molecule has 0 aliphatic carbocycles. The molecule has 8 nitrogen and oxygen atoms in total. The second kappa shape index (κ2) is 13.9. The van der Waals surface area contributed by atoms with Gasteiger partial charge in [0.05, 0.1) is 0 Å². The highest BCUT2D eigenvalue weighted by Gasteiger charge is 2.09. The molecule has 3 N–H and O–H groups in total. The third-order valence-electron chi connectivity index (χ3n) is 4.29. The van der Waals surface area contributed by atoms with Crippen LogP contribution in [-0.4, -0.2) is 48.7 Å². The average molecular weight is 528 g/mol. The summed E-state index contributed by atoms with van der Waals surface area (Å²) in [6.07, 6.45) is 2.36. The van der Waals surface area contributed by atoms with Gasteiger partial charge in [-0.25, -0.2) is 0 Å². The van der Waals surface area contributed by atoms with Crippen LogP contribution in [0.2, 0.25) is 0 Å². The first kappa shape index (κ1) is 25.9. The number of aromatic nitrogens is 2. The van der Waals surface area contributed by atoms with Crippen molar-refractivity contribution in [1.29, 1.82) is 0 Å². The molecule has 0 atom stereocenters. The second-order valence-corrected chi connectivity index (χ2v) is 7.02. The van der Waals surface area contributed by atoms with Crippen molar-refractivity contribution in [2.75, 3.05) is 26.7 Å². The Bertz CT molecular complexity index is 806. The molecule has 0 unspecified atom stereocenters. The van der Waals surface area contributed by atoms with E-state index in [1.807, 2.05) is 45.0 Å². The number of aryl methyl sites for hydroxylation is 1. The molecular weight excluding hydrogens is 495 g/mol. The molecular formula is C21H33IN6O2. The lowest BCUT2D eigenvalue weighted by atomic mass is 10.1. The number of carbonyl (C=O) groups is 1. The van der Waals surface area contributed by atoms with Crippen molar-refractivity contribution >= 4 is 35.8 Å². The maximum absolute atomic E-state index is 11.7. The Kier molecular flexibility index (Phi) is 12.0. The molecule has 0 aliphatic heterocycles. The fourth-order valence-corrected chi connectivity index (χ4v) is 2.70. The molecule has 166 valence electrons. The molecule has 1 amide bonds. The van der Waals surface area contributed by atoms with Gasteiger partial charge < -0.3 is 20.5 Å². The van der Waals surface area contributed by atoms with Crippen LogP contribution in [0, 0.1) is 0 Å². The first-order valence-electron chi connectivity index (χ1n) is 10.2. The highest BCUT2D eigenvalue weighted by Crippen LogP contribution is 2.10. The summed E-state index contributed by atoms with van der Waals surface area (Å²) in [5, 5.41) is 13.2. The van der Waals surface area contributed by atoms with Crippen molar-refractivity contribution < 1.29 is 9.32 Å². The van der Waals surface area contributed by atoms with Crippen LogP contribution in [0.3, 0.4) is 0 Å². The summed E-state index contributed by atoms with van der Waals surface area (Å²) in [6, 6.07) is 7.66. The largest absolute Gasteiger partial charge is 0.357 e. The van der Waals surface area contributed by atoms with Crippen LogP contribution in [0.1, 0.15) is 60.7 Å². The Morgan fingerprint density at radius 1 is 1.23 bits per heavy atom. The Morgan fingerprint density at radius 3 is 2.70 bits per heavy atom. The molecule has 2 aromatic rings. The van der Waals surface area contributed by atoms with Crippen LogP contribution in [0.25, 0.3) is 0 Å². The summed E-state index contributed by atoms with van der Waals surface area (Å²) in [6.45, 7) is 8.31. The molecule has 0 saturated heterocycles. The first-order valence-corrected chi connectivity index (χ1v) is 10.2. The highest BCUT2D eigenvalue weighted by atomic mass is 127. The zero-order chi connectivity index (χ0) is 21.1. The van der Waals surface area contributed by atoms with E-state index in [0.29, 0.717) is 18.0 Å². The SMILES string of the molecule is CCNC(=NCCCc1nc(C(C)C)no1)NCCc1cccc(C(=O)NC)c1.I. The van der Waals surface area contributed by atoms with Gasteiger partial charge in [0.15, 0.2) is 11.8 Å². The first-order chi connectivity index (χ1) is 14.0. The van der Waals surface area contributed by atoms with Gasteiger partial charge in [-0.2, -0.15) is 4.98 Å². The third kappa shape index (κ3) is 8.68. The lowest BCUT2D eigenvalue weighted by Crippen LogP contribution is -2.38. The molecule has 1 heterocycles. The standard InChI is InChI=1S/C21H32N6O2.HI/c1-5-23-21(24-12-7-10-18-26-19(15(2)3)27-29-18)25-13-11-16-8-6-9-17(14-16)20(28)22-4;/h6,8-9,14-15H,5,7,10-13H2,1-4H3,(H,22,28)(H2,23,24,25);1H. The molecule has 30 heavy (non-hydrogen) atoms. The van der Waals surface area contributed by atoms with Gasteiger partial charge in [0, 0.05) is 44.6 Å². The van der Waals surface area contributed by atoms with Crippen molar-refractivity contribution in [3.8, 4) is 0 Å². The van der Waals surface area contributed by atoms with E-state index in [0.717, 1.165) is 49.7 Å². The molecule has 9 heteroatoms. The molecule has 0 aliphatic rings. The number of amides is 1. The summed E-state index contributed by atoms with van der Waals surface area (Å²) in [5.41, 5.74) is 1.78. The minimum atomic E-state index is -0.0727. The summed E-state index contributed by atoms with van der Waals surface area (Å²) < 4.78 is 5.26. The minimum Gasteiger partial charge on any atom is -0.357 e. The van der Waals surface area contributed by atoms with Gasteiger partial charge in [0.1, 0.15) is 0 Å². The number of carbonyl (C=O) groups excluding carboxylic acids is 1. The Balaban J connectivity index is 0.00000450. The smallest absolute Gasteiger partial charge is 0.251 e. The third-order valence-corrected chi connectivity index (χ3v) is 4.29. The van der Waals surface area contributed by atoms with E-state index < -0.39 is 0 Å². The molecule has 0 fully saturated rings. The van der Waals surface area contributed by atoms with E-state index in [2.05, 4.69) is 31.1 Å². The quantitative estimate of drug-likeness (QED) is 0.190. The molecule has 0 radical (unpaired) electrons. The molecule has 0 bridgehead atoms. The van der Waals surface area contributed by atoms with E-state index in [4.69, 9.17) is 4.52 Å². The van der Waals surface area contributed by atoms with Gasteiger partial charge in [-0.15, -0.1) is 24.0 Å². The molecule has 1 aromatic carbocycles. The van der Waals surface area contributed by atoms with E-state index in [-0.39, 0.29) is 35.8 Å². The Hall–Kier alpha value is -2.17. The topological polar surface area (TPSA) is 104 Å². The van der Waals surface area contributed by atoms with Gasteiger partial charge in [0.25, 0.3) is 5.91 Å². The number of benzene rings is 1. The van der Waals surface area contributed by atoms with Crippen LogP contribution in [0.15, 0.2) is 33.8 Å². The number of rotatable bonds is 10. The number of nitrogens with one attached hydrogen (secondary N) is 3. The zero-order valence-corrected chi connectivity index (χ0v) is 20.5. The summed E-state index contributed by atoms with van der Waals surface area (Å²) in [5.74, 6) is 2.39. The van der Waals surface area contributed by atoms with Crippen molar-refractivity contribution in [2.45, 2.75) is 46.0 Å². The predicted octanol–water partition coefficient (Wildman–Crippen LogP) is 2.90. The van der Waals surface area contributed by atoms with E-state index >= 15 is 0 Å². The van der Waals surface area contributed by atoms with Crippen LogP contribution in [0.4, 0.5) is 0 Å². The average Bonchev–Trinajstić information content (AvgIpc) is 3.20. The lowest BCUT2D eigenvalue weighted by Gasteiger charge is -2.11. The van der Waals surface area contributed by atoms with Crippen LogP contribution in [0.5, 0.6) is 0 Å². The number of aliphatic imine (C=N–C) groups is 1. The highest BCUT2D eigenvalue weighted by molar-refractivity contribution is 14.0. The minimum absolute atomic E-state index is 0. The maximum Gasteiger partial charge on any atom is 0.251 e. The van der Waals surface area contributed by atoms with Crippen molar-refractivity contribution in [1.82, 2.24) is 26.1 Å². The van der Waals surface area contributed by atoms with Crippen molar-refractivity contribution in [3.05, 3.63) is 47.1 Å². The van der Waals surface area contributed by atoms with Gasteiger partial charge in [-0.05, 0) is 37.5 Å². The fraction of sp³-hybridized carbons (Fsp3) is 0.524. The van der Waals surface area contributed by atoms with E-state index in [1.54, 1.807) is 7.05 Å². The summed E-state index contributed by atoms with van der Waals surface area (Å²) in [4.78, 5) is 20.7. The molecule has 0 saturated carbocycles. The van der Waals surface area contributed by atoms with Crippen molar-refractivity contribution in [3.63, 3.8) is 0 Å². The van der Waals surface area contributed by atoms with E-state index in [1.165, 1.54) is 0 Å². The van der Waals surface area contributed by atoms with Crippen molar-refractivity contribution in [2.24, 2.45) is 4.99 Å². The van der Waals surface area contributed by atoms with Crippen LogP contribution < -0.4 is 16.0 Å². The monoisotopic (exact) mass is 528 g/mol. The summed E-state index contributed by atoms with van der Waals surface area (Å²) >= 11 is 0. The normalized spacial score (nSPS) is 11.2. The summed E-state index contributed by atoms with van der Waals surface area (Å²) in [7, 11) is 1.64. The van der Waals surface area contributed by atoms with Crippen LogP contribution >= 0.6 is 24.0 Å². The second-order valence-electron chi connectivity index (χ2n) is 7.02. The Morgan fingerprint density at radius 2 is 2.03 bits per heavy atom. The maximum atomic E-state index is 11.7. The fourth-order valence-electron chi connectivity index (χ4n) is 2.70. The number of nitrogens with zero attached hydrogens (tertiary/aromatic N) is 3. The van der Waals surface area contributed by atoms with E-state index in [9.17, 15) is 4.79 Å². The van der Waals surface area contributed by atoms with Gasteiger partial charge in [0.2, 0.25) is 5.89 Å². The zero-order valence-electron chi connectivity index (χ0n) is 18.2. The number of hydrogen-bond donors (Lipinski definition) is 3. The van der Waals surface area contributed by atoms with Gasteiger partial charge in [-0.3, -0.25) is 9.79 Å². The molecule has 2 rings (SSSR count). The molecule has 1 aromatic heterocycles. The number of halogens is 1. The number of guanidine groups is 1. The lowest BCUT2D eigenvalue weighted by molar-refractivity contribution is 0.0963. The molecule has 0 spiro atoms. The van der Waals surface area contributed by atoms with Gasteiger partial charge in [-0.1, -0.05) is 31.1 Å².